The molecule has 1 aliphatic carbocycles. The van der Waals surface area contributed by atoms with Crippen LogP contribution in [0, 0.1) is 11.3 Å². The largest absolute Gasteiger partial charge is 0.322 e. The average Bonchev–Trinajstić information content (AvgIpc) is 3.07. The van der Waals surface area contributed by atoms with E-state index in [1.807, 2.05) is 18.2 Å². The summed E-state index contributed by atoms with van der Waals surface area (Å²) >= 11 is 0. The molecule has 1 aromatic carbocycles. The first-order valence-corrected chi connectivity index (χ1v) is 8.20. The number of nitrogens with one attached hydrogen (secondary N) is 1. The number of benzene rings is 1. The Labute approximate surface area is 141 Å². The third-order valence-corrected chi connectivity index (χ3v) is 4.23. The predicted octanol–water partition coefficient (Wildman–Crippen LogP) is 3.52. The van der Waals surface area contributed by atoms with Gasteiger partial charge in [-0.15, -0.1) is 0 Å². The fourth-order valence-corrected chi connectivity index (χ4v) is 3.00. The number of carbonyl (C=O) groups excluding carboxylic acids is 1. The summed E-state index contributed by atoms with van der Waals surface area (Å²) in [7, 11) is 0. The average molecular weight is 320 g/mol. The third kappa shape index (κ3) is 3.90. The number of nitrogens with zero attached hydrogens (tertiary/aromatic N) is 3. The topological polar surface area (TPSA) is 69.0 Å². The summed E-state index contributed by atoms with van der Waals surface area (Å²) in [6.07, 6.45) is 7.13. The van der Waals surface area contributed by atoms with Gasteiger partial charge < -0.3 is 10.2 Å². The highest BCUT2D eigenvalue weighted by molar-refractivity contribution is 5.89. The smallest absolute Gasteiger partial charge is 0.319 e. The molecule has 1 aliphatic rings. The number of rotatable bonds is 5. The van der Waals surface area contributed by atoms with Gasteiger partial charge in [-0.1, -0.05) is 12.1 Å². The van der Waals surface area contributed by atoms with Crippen LogP contribution in [0.2, 0.25) is 0 Å². The summed E-state index contributed by atoms with van der Waals surface area (Å²) < 4.78 is 0. The van der Waals surface area contributed by atoms with Crippen LogP contribution in [0.3, 0.4) is 0 Å². The van der Waals surface area contributed by atoms with E-state index < -0.39 is 0 Å². The van der Waals surface area contributed by atoms with Crippen molar-refractivity contribution in [2.24, 2.45) is 0 Å². The maximum absolute atomic E-state index is 12.6. The van der Waals surface area contributed by atoms with Crippen LogP contribution in [0.15, 0.2) is 42.7 Å². The van der Waals surface area contributed by atoms with Crippen molar-refractivity contribution in [2.75, 3.05) is 11.9 Å². The standard InChI is InChI=1S/C19H20N4O/c20-9-3-11-23(14-15-4-2-10-21-13-15)19(24)22-18-8-7-16-5-1-6-17(16)12-18/h2,4,7-8,10,12-13H,1,3,5-6,11,14H2,(H,22,24). The van der Waals surface area contributed by atoms with Gasteiger partial charge in [-0.3, -0.25) is 4.98 Å². The second-order valence-corrected chi connectivity index (χ2v) is 5.96. The maximum Gasteiger partial charge on any atom is 0.322 e. The summed E-state index contributed by atoms with van der Waals surface area (Å²) in [5.41, 5.74) is 4.46. The van der Waals surface area contributed by atoms with Crippen LogP contribution in [0.1, 0.15) is 29.5 Å². The highest BCUT2D eigenvalue weighted by Gasteiger charge is 2.16. The molecule has 0 saturated heterocycles. The van der Waals surface area contributed by atoms with E-state index in [9.17, 15) is 4.79 Å². The van der Waals surface area contributed by atoms with Gasteiger partial charge in [0.2, 0.25) is 0 Å². The molecule has 5 heteroatoms. The van der Waals surface area contributed by atoms with Crippen molar-refractivity contribution in [1.29, 1.82) is 5.26 Å². The van der Waals surface area contributed by atoms with Crippen LogP contribution >= 0.6 is 0 Å². The van der Waals surface area contributed by atoms with Gasteiger partial charge in [-0.05, 0) is 54.2 Å². The molecule has 1 N–H and O–H groups in total. The Bertz CT molecular complexity index is 752. The number of aryl methyl sites for hydroxylation is 2. The van der Waals surface area contributed by atoms with E-state index >= 15 is 0 Å². The maximum atomic E-state index is 12.6. The molecule has 0 unspecified atom stereocenters. The molecule has 5 nitrogen and oxygen atoms in total. The Balaban J connectivity index is 1.70. The van der Waals surface area contributed by atoms with Crippen molar-refractivity contribution in [2.45, 2.75) is 32.2 Å². The number of anilines is 1. The number of urea groups is 1. The second kappa shape index (κ2) is 7.60. The predicted molar refractivity (Wildman–Crippen MR) is 92.4 cm³/mol. The lowest BCUT2D eigenvalue weighted by Crippen LogP contribution is -2.35. The highest BCUT2D eigenvalue weighted by Crippen LogP contribution is 2.25. The van der Waals surface area contributed by atoms with Gasteiger partial charge in [-0.2, -0.15) is 5.26 Å². The number of amides is 2. The van der Waals surface area contributed by atoms with Crippen LogP contribution in [0.25, 0.3) is 0 Å². The van der Waals surface area contributed by atoms with Crippen LogP contribution in [-0.2, 0) is 19.4 Å². The SMILES string of the molecule is N#CCCN(Cc1cccnc1)C(=O)Nc1ccc2c(c1)CCC2. The van der Waals surface area contributed by atoms with Crippen LogP contribution in [0.4, 0.5) is 10.5 Å². The van der Waals surface area contributed by atoms with Crippen LogP contribution in [-0.4, -0.2) is 22.5 Å². The molecule has 3 rings (SSSR count). The van der Waals surface area contributed by atoms with E-state index in [-0.39, 0.29) is 6.03 Å². The van der Waals surface area contributed by atoms with Crippen molar-refractivity contribution in [3.05, 3.63) is 59.4 Å². The molecular formula is C19H20N4O. The minimum Gasteiger partial charge on any atom is -0.319 e. The van der Waals surface area contributed by atoms with Gasteiger partial charge in [0, 0.05) is 31.2 Å². The number of hydrogen-bond donors (Lipinski definition) is 1. The fourth-order valence-electron chi connectivity index (χ4n) is 3.00. The lowest BCUT2D eigenvalue weighted by molar-refractivity contribution is 0.210. The number of nitriles is 1. The molecule has 24 heavy (non-hydrogen) atoms. The molecule has 2 aromatic rings. The summed E-state index contributed by atoms with van der Waals surface area (Å²) in [5.74, 6) is 0. The molecular weight excluding hydrogens is 300 g/mol. The van der Waals surface area contributed by atoms with Crippen molar-refractivity contribution < 1.29 is 4.79 Å². The molecule has 0 bridgehead atoms. The van der Waals surface area contributed by atoms with E-state index in [2.05, 4.69) is 28.5 Å². The number of aromatic nitrogens is 1. The molecule has 1 heterocycles. The quantitative estimate of drug-likeness (QED) is 0.916. The summed E-state index contributed by atoms with van der Waals surface area (Å²) in [4.78, 5) is 18.3. The first kappa shape index (κ1) is 16.0. The third-order valence-electron chi connectivity index (χ3n) is 4.23. The molecule has 0 fully saturated rings. The zero-order valence-corrected chi connectivity index (χ0v) is 13.5. The summed E-state index contributed by atoms with van der Waals surface area (Å²) in [6.45, 7) is 0.828. The van der Waals surface area contributed by atoms with E-state index in [4.69, 9.17) is 5.26 Å². The van der Waals surface area contributed by atoms with Crippen molar-refractivity contribution >= 4 is 11.7 Å². The zero-order chi connectivity index (χ0) is 16.8. The van der Waals surface area contributed by atoms with Crippen molar-refractivity contribution in [3.63, 3.8) is 0 Å². The zero-order valence-electron chi connectivity index (χ0n) is 13.5. The first-order valence-electron chi connectivity index (χ1n) is 8.20. The van der Waals surface area contributed by atoms with E-state index in [1.54, 1.807) is 17.3 Å². The van der Waals surface area contributed by atoms with Gasteiger partial charge >= 0.3 is 6.03 Å². The van der Waals surface area contributed by atoms with Crippen LogP contribution < -0.4 is 5.32 Å². The number of carbonyl (C=O) groups is 1. The van der Waals surface area contributed by atoms with Gasteiger partial charge in [0.05, 0.1) is 12.5 Å². The Morgan fingerprint density at radius 2 is 2.17 bits per heavy atom. The van der Waals surface area contributed by atoms with E-state index in [1.165, 1.54) is 17.5 Å². The molecule has 0 radical (unpaired) electrons. The Kier molecular flexibility index (Phi) is 5.07. The molecule has 0 spiro atoms. The molecule has 0 saturated carbocycles. The van der Waals surface area contributed by atoms with E-state index in [0.29, 0.717) is 19.5 Å². The normalized spacial score (nSPS) is 12.3. The lowest BCUT2D eigenvalue weighted by atomic mass is 10.1. The van der Waals surface area contributed by atoms with Gasteiger partial charge in [0.25, 0.3) is 0 Å². The van der Waals surface area contributed by atoms with Gasteiger partial charge in [-0.25, -0.2) is 4.79 Å². The summed E-state index contributed by atoms with van der Waals surface area (Å²) in [6, 6.07) is 11.8. The van der Waals surface area contributed by atoms with Gasteiger partial charge in [0.1, 0.15) is 0 Å². The number of fused-ring (bicyclic) bond motifs is 1. The Morgan fingerprint density at radius 1 is 1.29 bits per heavy atom. The minimum atomic E-state index is -0.188. The second-order valence-electron chi connectivity index (χ2n) is 5.96. The van der Waals surface area contributed by atoms with Crippen molar-refractivity contribution in [1.82, 2.24) is 9.88 Å². The Hall–Kier alpha value is -2.87. The Morgan fingerprint density at radius 3 is 2.96 bits per heavy atom. The molecule has 0 atom stereocenters. The lowest BCUT2D eigenvalue weighted by Gasteiger charge is -2.22. The van der Waals surface area contributed by atoms with E-state index in [0.717, 1.165) is 24.1 Å². The minimum absolute atomic E-state index is 0.188. The number of pyridine rings is 1. The fraction of sp³-hybridized carbons (Fsp3) is 0.316. The molecule has 1 aromatic heterocycles. The van der Waals surface area contributed by atoms with Gasteiger partial charge in [0.15, 0.2) is 0 Å². The number of hydrogen-bond acceptors (Lipinski definition) is 3. The molecule has 2 amide bonds. The van der Waals surface area contributed by atoms with Crippen molar-refractivity contribution in [3.8, 4) is 6.07 Å². The summed E-state index contributed by atoms with van der Waals surface area (Å²) in [5, 5.41) is 11.8. The highest BCUT2D eigenvalue weighted by atomic mass is 16.2. The van der Waals surface area contributed by atoms with Crippen LogP contribution in [0.5, 0.6) is 0 Å². The molecule has 122 valence electrons. The molecule has 0 aliphatic heterocycles. The first-order chi connectivity index (χ1) is 11.8. The monoisotopic (exact) mass is 320 g/mol.